The van der Waals surface area contributed by atoms with E-state index in [0.717, 1.165) is 5.57 Å². The number of ketones is 2. The molecular weight excluding hydrogens is 898 g/mol. The second-order valence-corrected chi connectivity index (χ2v) is 20.3. The number of benzene rings is 1. The van der Waals surface area contributed by atoms with Gasteiger partial charge in [-0.3, -0.25) is 14.4 Å². The van der Waals surface area contributed by atoms with Crippen molar-refractivity contribution in [3.63, 3.8) is 0 Å². The summed E-state index contributed by atoms with van der Waals surface area (Å²) >= 11 is 6.25. The number of allylic oxidation sites excluding steroid dienone is 3. The molecule has 2 saturated heterocycles. The van der Waals surface area contributed by atoms with Crippen molar-refractivity contribution < 1.29 is 67.7 Å². The zero-order valence-electron chi connectivity index (χ0n) is 41.8. The van der Waals surface area contributed by atoms with Crippen LogP contribution in [0.15, 0.2) is 41.5 Å². The molecule has 3 heterocycles. The summed E-state index contributed by atoms with van der Waals surface area (Å²) in [5.74, 6) is -7.24. The Kier molecular flexibility index (Phi) is 20.7. The maximum Gasteiger partial charge on any atom is 0.329 e. The molecule has 382 valence electrons. The van der Waals surface area contributed by atoms with Gasteiger partial charge in [0.1, 0.15) is 35.9 Å². The summed E-state index contributed by atoms with van der Waals surface area (Å²) in [5, 5.41) is 35.4. The lowest BCUT2D eigenvalue weighted by atomic mass is 9.81. The SMILES string of the molecule is CCC1C=C(C)CC(C)CC(OC)C2OC(O)(C(=O)C(=O)N3CCCCC3C(=O)OC(C(C)=CC3CCC(OCC(O)c4cc(Cl)cc(OC)c4)C(OC)C3)C(C)C(O)CC1=O)C(C)CC2OC. The summed E-state index contributed by atoms with van der Waals surface area (Å²) < 4.78 is 41.9. The maximum atomic E-state index is 14.5. The van der Waals surface area contributed by atoms with E-state index in [1.165, 1.54) is 26.2 Å². The normalized spacial score (nSPS) is 36.0. The summed E-state index contributed by atoms with van der Waals surface area (Å²) in [6.07, 6.45) is 2.79. The van der Waals surface area contributed by atoms with Gasteiger partial charge in [-0.15, -0.1) is 0 Å². The number of ether oxygens (including phenoxy) is 7. The van der Waals surface area contributed by atoms with Gasteiger partial charge in [0, 0.05) is 57.1 Å². The van der Waals surface area contributed by atoms with Crippen LogP contribution in [0.2, 0.25) is 5.02 Å². The van der Waals surface area contributed by atoms with Gasteiger partial charge in [0.05, 0.1) is 44.2 Å². The van der Waals surface area contributed by atoms with E-state index in [4.69, 9.17) is 44.8 Å². The van der Waals surface area contributed by atoms with Crippen LogP contribution >= 0.6 is 11.6 Å². The molecule has 0 aromatic heterocycles. The molecule has 1 amide bonds. The Bertz CT molecular complexity index is 1940. The Morgan fingerprint density at radius 1 is 0.926 bits per heavy atom. The molecule has 15 nitrogen and oxygen atoms in total. The second-order valence-electron chi connectivity index (χ2n) is 19.9. The average Bonchev–Trinajstić information content (AvgIpc) is 3.32. The number of Topliss-reactive ketones (excluding diaryl/α,β-unsaturated/α-hetero) is 2. The van der Waals surface area contributed by atoms with Crippen molar-refractivity contribution in [1.29, 1.82) is 0 Å². The first kappa shape index (κ1) is 55.7. The van der Waals surface area contributed by atoms with E-state index in [1.54, 1.807) is 39.2 Å². The number of halogens is 1. The number of piperidine rings is 1. The first-order valence-electron chi connectivity index (χ1n) is 24.5. The Balaban J connectivity index is 1.44. The highest BCUT2D eigenvalue weighted by Gasteiger charge is 2.56. The van der Waals surface area contributed by atoms with Crippen molar-refractivity contribution in [2.75, 3.05) is 41.6 Å². The van der Waals surface area contributed by atoms with Crippen LogP contribution in [-0.4, -0.2) is 140 Å². The van der Waals surface area contributed by atoms with E-state index in [9.17, 15) is 34.5 Å². The van der Waals surface area contributed by atoms with Gasteiger partial charge >= 0.3 is 5.97 Å². The number of cyclic esters (lactones) is 1. The average molecular weight is 977 g/mol. The molecule has 16 heteroatoms. The number of hydrogen-bond acceptors (Lipinski definition) is 14. The number of hydrogen-bond donors (Lipinski definition) is 3. The predicted octanol–water partition coefficient (Wildman–Crippen LogP) is 6.89. The fourth-order valence-electron chi connectivity index (χ4n) is 10.8. The van der Waals surface area contributed by atoms with Crippen LogP contribution in [0.4, 0.5) is 0 Å². The summed E-state index contributed by atoms with van der Waals surface area (Å²) in [7, 11) is 6.20. The minimum Gasteiger partial charge on any atom is -0.497 e. The number of nitrogens with zero attached hydrogens (tertiary/aromatic N) is 1. The summed E-state index contributed by atoms with van der Waals surface area (Å²) in [5.41, 5.74) is 2.19. The van der Waals surface area contributed by atoms with Crippen LogP contribution in [0.3, 0.4) is 0 Å². The molecule has 3 fully saturated rings. The number of aliphatic hydroxyl groups excluding tert-OH is 2. The molecule has 4 aliphatic rings. The molecule has 3 N–H and O–H groups in total. The lowest BCUT2D eigenvalue weighted by Crippen LogP contribution is -2.64. The molecule has 15 atom stereocenters. The second kappa shape index (κ2) is 25.2. The number of rotatable bonds is 11. The molecule has 1 saturated carbocycles. The van der Waals surface area contributed by atoms with Crippen molar-refractivity contribution in [2.24, 2.45) is 29.6 Å². The first-order valence-corrected chi connectivity index (χ1v) is 24.9. The van der Waals surface area contributed by atoms with E-state index in [-0.39, 0.29) is 62.2 Å². The highest BCUT2D eigenvalue weighted by Crippen LogP contribution is 2.40. The fraction of sp³-hybridized carbons (Fsp3) is 0.731. The smallest absolute Gasteiger partial charge is 0.329 e. The minimum absolute atomic E-state index is 0.00772. The van der Waals surface area contributed by atoms with E-state index < -0.39 is 83.9 Å². The number of carbonyl (C=O) groups is 4. The monoisotopic (exact) mass is 976 g/mol. The summed E-state index contributed by atoms with van der Waals surface area (Å²) in [6, 6.07) is 3.87. The fourth-order valence-corrected chi connectivity index (χ4v) is 11.0. The Labute approximate surface area is 408 Å². The van der Waals surface area contributed by atoms with Crippen molar-refractivity contribution in [3.05, 3.63) is 52.1 Å². The lowest BCUT2D eigenvalue weighted by Gasteiger charge is -2.47. The molecule has 1 aromatic rings. The van der Waals surface area contributed by atoms with Crippen LogP contribution in [-0.2, 0) is 47.6 Å². The van der Waals surface area contributed by atoms with Crippen LogP contribution in [0, 0.1) is 29.6 Å². The van der Waals surface area contributed by atoms with Crippen LogP contribution in [0.5, 0.6) is 5.75 Å². The molecule has 0 spiro atoms. The van der Waals surface area contributed by atoms with Crippen molar-refractivity contribution in [2.45, 2.75) is 173 Å². The molecule has 3 aliphatic heterocycles. The number of carbonyl (C=O) groups excluding carboxylic acids is 4. The minimum atomic E-state index is -2.53. The van der Waals surface area contributed by atoms with Crippen LogP contribution < -0.4 is 4.74 Å². The molecule has 68 heavy (non-hydrogen) atoms. The van der Waals surface area contributed by atoms with Gasteiger partial charge < -0.3 is 53.4 Å². The van der Waals surface area contributed by atoms with Gasteiger partial charge in [0.2, 0.25) is 5.79 Å². The van der Waals surface area contributed by atoms with Gasteiger partial charge in [0.25, 0.3) is 11.7 Å². The van der Waals surface area contributed by atoms with Gasteiger partial charge in [-0.05, 0) is 119 Å². The maximum absolute atomic E-state index is 14.5. The summed E-state index contributed by atoms with van der Waals surface area (Å²) in [6.45, 7) is 11.2. The van der Waals surface area contributed by atoms with Crippen LogP contribution in [0.1, 0.15) is 124 Å². The largest absolute Gasteiger partial charge is 0.497 e. The number of esters is 1. The third-order valence-corrected chi connectivity index (χ3v) is 15.1. The third-order valence-electron chi connectivity index (χ3n) is 14.8. The van der Waals surface area contributed by atoms with E-state index in [0.29, 0.717) is 73.3 Å². The van der Waals surface area contributed by atoms with Gasteiger partial charge in [-0.1, -0.05) is 57.0 Å². The molecule has 0 radical (unpaired) electrons. The van der Waals surface area contributed by atoms with Gasteiger partial charge in [0.15, 0.2) is 0 Å². The quantitative estimate of drug-likeness (QED) is 0.118. The topological polar surface area (TPSA) is 197 Å². The van der Waals surface area contributed by atoms with E-state index in [1.807, 2.05) is 39.8 Å². The highest BCUT2D eigenvalue weighted by atomic mass is 35.5. The van der Waals surface area contributed by atoms with Crippen LogP contribution in [0.25, 0.3) is 0 Å². The Morgan fingerprint density at radius 2 is 1.62 bits per heavy atom. The zero-order valence-corrected chi connectivity index (χ0v) is 42.6. The van der Waals surface area contributed by atoms with Crippen molar-refractivity contribution in [1.82, 2.24) is 4.90 Å². The first-order chi connectivity index (χ1) is 32.3. The van der Waals surface area contributed by atoms with E-state index in [2.05, 4.69) is 0 Å². The predicted molar refractivity (Wildman–Crippen MR) is 255 cm³/mol. The van der Waals surface area contributed by atoms with Gasteiger partial charge in [-0.25, -0.2) is 4.79 Å². The number of aliphatic hydroxyl groups is 3. The number of amides is 1. The van der Waals surface area contributed by atoms with Crippen molar-refractivity contribution >= 4 is 35.0 Å². The Morgan fingerprint density at radius 3 is 2.28 bits per heavy atom. The molecular formula is C52H78ClNO14. The molecule has 2 bridgehead atoms. The van der Waals surface area contributed by atoms with E-state index >= 15 is 0 Å². The standard InChI is InChI=1S/C52H78ClNO14/c1-11-35-19-29(2)18-30(3)20-45(64-9)48-46(65-10)22-32(5)52(61,68-48)49(58)50(59)54-17-13-12-14-39(54)51(60)67-47(33(6)40(55)27-41(35)56)31(4)21-34-15-16-43(44(23-34)63-8)66-28-42(57)36-24-37(53)26-38(25-36)62-7/h19,21,24-26,30,32-35,39-40,42-48,55,57,61H,11-18,20,22-23,27-28H2,1-10H3. The molecule has 1 aromatic carbocycles. The number of methoxy groups -OCH3 is 4. The number of fused-ring (bicyclic) bond motifs is 3. The Hall–Kier alpha value is -3.25. The highest BCUT2D eigenvalue weighted by molar-refractivity contribution is 6.39. The molecule has 5 rings (SSSR count). The molecule has 1 aliphatic carbocycles. The third kappa shape index (κ3) is 13.6. The van der Waals surface area contributed by atoms with Gasteiger partial charge in [-0.2, -0.15) is 0 Å². The summed E-state index contributed by atoms with van der Waals surface area (Å²) in [4.78, 5) is 58.5. The zero-order chi connectivity index (χ0) is 50.0. The molecule has 15 unspecified atom stereocenters. The van der Waals surface area contributed by atoms with Crippen molar-refractivity contribution in [3.8, 4) is 5.75 Å². The lowest BCUT2D eigenvalue weighted by molar-refractivity contribution is -0.302.